The molecule has 0 N–H and O–H groups in total. The molecule has 1 saturated carbocycles. The molecule has 2 heterocycles. The van der Waals surface area contributed by atoms with E-state index >= 15 is 0 Å². The first-order valence-corrected chi connectivity index (χ1v) is 10.6. The highest BCUT2D eigenvalue weighted by Crippen LogP contribution is 2.55. The highest BCUT2D eigenvalue weighted by atomic mass is 19.4. The summed E-state index contributed by atoms with van der Waals surface area (Å²) in [5, 5.41) is 1.21. The van der Waals surface area contributed by atoms with Gasteiger partial charge in [0.2, 0.25) is 0 Å². The number of carbonyl (C=O) groups excluding carboxylic acids is 1. The Morgan fingerprint density at radius 1 is 1.12 bits per heavy atom. The van der Waals surface area contributed by atoms with Crippen molar-refractivity contribution in [1.29, 1.82) is 0 Å². The number of halogens is 3. The Morgan fingerprint density at radius 2 is 1.85 bits per heavy atom. The first-order chi connectivity index (χ1) is 15.6. The minimum Gasteiger partial charge on any atom is -0.493 e. The van der Waals surface area contributed by atoms with E-state index in [2.05, 4.69) is 0 Å². The maximum Gasteiger partial charge on any atom is 0.413 e. The number of ketones is 1. The number of hydrogen-bond acceptors (Lipinski definition) is 6. The lowest BCUT2D eigenvalue weighted by molar-refractivity contribution is -0.163. The van der Waals surface area contributed by atoms with Gasteiger partial charge in [0, 0.05) is 38.0 Å². The number of ether oxygens (including phenoxy) is 3. The van der Waals surface area contributed by atoms with Gasteiger partial charge in [-0.3, -0.25) is 19.3 Å². The first-order valence-electron chi connectivity index (χ1n) is 10.6. The maximum absolute atomic E-state index is 14.1. The molecule has 0 amide bonds. The quantitative estimate of drug-likeness (QED) is 0.437. The van der Waals surface area contributed by atoms with Crippen molar-refractivity contribution in [2.45, 2.75) is 44.4 Å². The lowest BCUT2D eigenvalue weighted by Gasteiger charge is -2.42. The topological polar surface area (TPSA) is 70.0 Å². The summed E-state index contributed by atoms with van der Waals surface area (Å²) in [4.78, 5) is 24.6. The van der Waals surface area contributed by atoms with Crippen LogP contribution in [0.1, 0.15) is 42.1 Å². The highest BCUT2D eigenvalue weighted by molar-refractivity contribution is 5.94. The molecule has 4 rings (SSSR count). The molecule has 2 aliphatic rings. The van der Waals surface area contributed by atoms with Gasteiger partial charge in [-0.15, -0.1) is 0 Å². The van der Waals surface area contributed by atoms with E-state index in [0.29, 0.717) is 42.3 Å². The summed E-state index contributed by atoms with van der Waals surface area (Å²) in [7, 11) is 3.05. The summed E-state index contributed by atoms with van der Waals surface area (Å²) in [6, 6.07) is 4.53. The molecule has 1 aliphatic heterocycles. The van der Waals surface area contributed by atoms with Crippen molar-refractivity contribution in [1.82, 2.24) is 4.68 Å². The molecule has 0 spiro atoms. The van der Waals surface area contributed by atoms with Gasteiger partial charge in [0.1, 0.15) is 0 Å². The van der Waals surface area contributed by atoms with Crippen LogP contribution in [0.4, 0.5) is 13.2 Å². The summed E-state index contributed by atoms with van der Waals surface area (Å²) in [5.74, 6) is 0.293. The molecule has 1 aromatic heterocycles. The van der Waals surface area contributed by atoms with Gasteiger partial charge in [-0.25, -0.2) is 0 Å². The molecule has 178 valence electrons. The lowest BCUT2D eigenvalue weighted by atomic mass is 9.98. The number of Topliss-reactive ketones (excluding diaryl/α,β-unsaturated/α-hetero) is 1. The first kappa shape index (κ1) is 23.2. The molecule has 0 atom stereocenters. The van der Waals surface area contributed by atoms with Gasteiger partial charge in [0.15, 0.2) is 28.2 Å². The van der Waals surface area contributed by atoms with Gasteiger partial charge in [0.05, 0.1) is 31.5 Å². The molecular formula is C23H25F3N2O5. The van der Waals surface area contributed by atoms with Crippen LogP contribution in [-0.4, -0.2) is 49.6 Å². The van der Waals surface area contributed by atoms with E-state index < -0.39 is 22.9 Å². The van der Waals surface area contributed by atoms with E-state index in [9.17, 15) is 22.8 Å². The molecule has 10 heteroatoms. The van der Waals surface area contributed by atoms with Crippen molar-refractivity contribution in [3.05, 3.63) is 45.7 Å². The van der Waals surface area contributed by atoms with Gasteiger partial charge < -0.3 is 14.2 Å². The average Bonchev–Trinajstić information content (AvgIpc) is 3.57. The van der Waals surface area contributed by atoms with Gasteiger partial charge in [0.25, 0.3) is 0 Å². The minimum absolute atomic E-state index is 0.0661. The van der Waals surface area contributed by atoms with Gasteiger partial charge in [-0.05, 0) is 37.5 Å². The smallest absolute Gasteiger partial charge is 0.413 e. The minimum atomic E-state index is -4.48. The third kappa shape index (κ3) is 3.96. The molecule has 0 radical (unpaired) electrons. The van der Waals surface area contributed by atoms with Crippen molar-refractivity contribution < 1.29 is 32.2 Å². The number of pyridine rings is 1. The summed E-state index contributed by atoms with van der Waals surface area (Å²) < 4.78 is 59.8. The number of alkyl halides is 3. The third-order valence-electron chi connectivity index (χ3n) is 6.15. The second kappa shape index (κ2) is 8.40. The lowest BCUT2D eigenvalue weighted by Crippen LogP contribution is -2.55. The second-order valence-corrected chi connectivity index (χ2v) is 8.28. The Morgan fingerprint density at radius 3 is 2.42 bits per heavy atom. The van der Waals surface area contributed by atoms with Crippen LogP contribution in [0, 0.1) is 0 Å². The van der Waals surface area contributed by atoms with Crippen molar-refractivity contribution in [3.63, 3.8) is 0 Å². The zero-order chi connectivity index (χ0) is 24.0. The molecule has 1 aromatic carbocycles. The number of benzene rings is 1. The number of rotatable bonds is 8. The van der Waals surface area contributed by atoms with Crippen molar-refractivity contribution >= 4 is 5.78 Å². The van der Waals surface area contributed by atoms with Crippen LogP contribution in [0.5, 0.6) is 11.5 Å². The zero-order valence-corrected chi connectivity index (χ0v) is 18.6. The Kier molecular flexibility index (Phi) is 5.90. The Balaban J connectivity index is 1.86. The second-order valence-electron chi connectivity index (χ2n) is 8.28. The molecule has 1 aliphatic carbocycles. The maximum atomic E-state index is 14.1. The van der Waals surface area contributed by atoms with Crippen LogP contribution in [-0.2, 0) is 11.3 Å². The molecule has 1 fully saturated rings. The predicted molar refractivity (Wildman–Crippen MR) is 115 cm³/mol. The van der Waals surface area contributed by atoms with E-state index in [1.165, 1.54) is 36.0 Å². The summed E-state index contributed by atoms with van der Waals surface area (Å²) in [5.41, 5.74) is -1.36. The van der Waals surface area contributed by atoms with E-state index in [1.54, 1.807) is 19.2 Å². The van der Waals surface area contributed by atoms with E-state index in [-0.39, 0.29) is 30.6 Å². The van der Waals surface area contributed by atoms with Gasteiger partial charge in [-0.2, -0.15) is 13.2 Å². The van der Waals surface area contributed by atoms with Crippen molar-refractivity contribution in [2.24, 2.45) is 0 Å². The van der Waals surface area contributed by atoms with E-state index in [0.717, 1.165) is 0 Å². The fourth-order valence-corrected chi connectivity index (χ4v) is 4.22. The van der Waals surface area contributed by atoms with Crippen molar-refractivity contribution in [2.75, 3.05) is 32.4 Å². The van der Waals surface area contributed by atoms with Crippen LogP contribution in [0.25, 0.3) is 11.3 Å². The van der Waals surface area contributed by atoms with Crippen LogP contribution in [0.3, 0.4) is 0 Å². The summed E-state index contributed by atoms with van der Waals surface area (Å²) >= 11 is 0. The van der Waals surface area contributed by atoms with Crippen molar-refractivity contribution in [3.8, 4) is 22.8 Å². The van der Waals surface area contributed by atoms with Crippen LogP contribution < -0.4 is 19.9 Å². The fourth-order valence-electron chi connectivity index (χ4n) is 4.22. The fraction of sp³-hybridized carbons (Fsp3) is 0.478. The summed E-state index contributed by atoms with van der Waals surface area (Å²) in [6.07, 6.45) is -2.76. The van der Waals surface area contributed by atoms with Crippen LogP contribution >= 0.6 is 0 Å². The van der Waals surface area contributed by atoms with E-state index in [4.69, 9.17) is 14.2 Å². The largest absolute Gasteiger partial charge is 0.493 e. The molecule has 7 nitrogen and oxygen atoms in total. The normalized spacial score (nSPS) is 16.1. The number of aromatic nitrogens is 1. The Hall–Kier alpha value is -3.01. The Bertz CT molecular complexity index is 1140. The Labute approximate surface area is 188 Å². The third-order valence-corrected chi connectivity index (χ3v) is 6.15. The number of nitrogens with zero attached hydrogens (tertiary/aromatic N) is 2. The standard InChI is InChI=1S/C23H25F3N2O5/c1-14(29)17-13-27-18(11-19(17)30)16-10-20(32-3)21(33-8-4-7-31-2)9-15(16)12-28(27)22(5-6-22)23(24,25)26/h9-11,13H,4-8,12H2,1-3H3. The molecule has 0 saturated heterocycles. The number of carbonyl (C=O) groups is 1. The van der Waals surface area contributed by atoms with Gasteiger partial charge in [-0.1, -0.05) is 0 Å². The average molecular weight is 466 g/mol. The highest BCUT2D eigenvalue weighted by Gasteiger charge is 2.68. The van der Waals surface area contributed by atoms with E-state index in [1.807, 2.05) is 0 Å². The number of methoxy groups -OCH3 is 2. The SMILES string of the molecule is COCCCOc1cc2c(cc1OC)-c1cc(=O)c(C(C)=O)cn1N(C1(C(F)(F)F)CC1)C2. The van der Waals surface area contributed by atoms with Crippen LogP contribution in [0.15, 0.2) is 29.2 Å². The molecule has 0 bridgehead atoms. The number of fused-ring (bicyclic) bond motifs is 3. The molecular weight excluding hydrogens is 441 g/mol. The number of hydrogen-bond donors (Lipinski definition) is 0. The van der Waals surface area contributed by atoms with Gasteiger partial charge >= 0.3 is 6.18 Å². The van der Waals surface area contributed by atoms with Crippen LogP contribution in [0.2, 0.25) is 0 Å². The zero-order valence-electron chi connectivity index (χ0n) is 18.6. The summed E-state index contributed by atoms with van der Waals surface area (Å²) in [6.45, 7) is 2.00. The monoisotopic (exact) mass is 466 g/mol. The molecule has 0 unspecified atom stereocenters. The predicted octanol–water partition coefficient (Wildman–Crippen LogP) is 3.69. The molecule has 2 aromatic rings. The molecule has 33 heavy (non-hydrogen) atoms.